The monoisotopic (exact) mass is 288 g/mol. The summed E-state index contributed by atoms with van der Waals surface area (Å²) in [6, 6.07) is 11.6. The molecule has 0 fully saturated rings. The van der Waals surface area contributed by atoms with Crippen LogP contribution in [0.2, 0.25) is 0 Å². The van der Waals surface area contributed by atoms with Crippen LogP contribution in [0.25, 0.3) is 0 Å². The number of benzene rings is 2. The van der Waals surface area contributed by atoms with Gasteiger partial charge >= 0.3 is 11.9 Å². The van der Waals surface area contributed by atoms with Crippen LogP contribution in [0.4, 0.5) is 0 Å². The minimum atomic E-state index is -3.72. The highest BCUT2D eigenvalue weighted by Gasteiger charge is 2.31. The molecule has 6 heteroatoms. The molecule has 1 aliphatic rings. The fraction of sp³-hybridized carbons (Fsp3) is 0. The van der Waals surface area contributed by atoms with Crippen molar-refractivity contribution in [3.8, 4) is 0 Å². The fourth-order valence-electron chi connectivity index (χ4n) is 1.97. The maximum atomic E-state index is 12.4. The summed E-state index contributed by atoms with van der Waals surface area (Å²) in [5, 5.41) is 0. The highest BCUT2D eigenvalue weighted by atomic mass is 32.2. The number of hydrogen-bond acceptors (Lipinski definition) is 5. The van der Waals surface area contributed by atoms with Gasteiger partial charge in [-0.2, -0.15) is 0 Å². The lowest BCUT2D eigenvalue weighted by atomic mass is 10.1. The standard InChI is InChI=1S/C14H8O5S/c15-13-11-7-6-10(8-12(11)14(16)19-13)20(17,18)9-4-2-1-3-5-9/h1-8H. The lowest BCUT2D eigenvalue weighted by Gasteiger charge is -2.04. The smallest absolute Gasteiger partial charge is 0.346 e. The third-order valence-corrected chi connectivity index (χ3v) is 4.75. The van der Waals surface area contributed by atoms with Gasteiger partial charge in [0.25, 0.3) is 0 Å². The van der Waals surface area contributed by atoms with Gasteiger partial charge in [-0.1, -0.05) is 18.2 Å². The lowest BCUT2D eigenvalue weighted by molar-refractivity contribution is 0.0443. The van der Waals surface area contributed by atoms with E-state index in [1.54, 1.807) is 18.2 Å². The fourth-order valence-corrected chi connectivity index (χ4v) is 3.28. The molecule has 5 nitrogen and oxygen atoms in total. The summed E-state index contributed by atoms with van der Waals surface area (Å²) in [6.07, 6.45) is 0. The molecule has 0 unspecified atom stereocenters. The number of carbonyl (C=O) groups excluding carboxylic acids is 2. The van der Waals surface area contributed by atoms with Crippen LogP contribution >= 0.6 is 0 Å². The van der Waals surface area contributed by atoms with E-state index in [-0.39, 0.29) is 20.9 Å². The molecule has 0 amide bonds. The van der Waals surface area contributed by atoms with Gasteiger partial charge in [-0.05, 0) is 30.3 Å². The Morgan fingerprint density at radius 3 is 2.10 bits per heavy atom. The van der Waals surface area contributed by atoms with Gasteiger partial charge < -0.3 is 4.74 Å². The normalized spacial score (nSPS) is 14.0. The Kier molecular flexibility index (Phi) is 2.69. The van der Waals surface area contributed by atoms with Crippen LogP contribution in [0.3, 0.4) is 0 Å². The first-order valence-corrected chi connectivity index (χ1v) is 7.19. The molecule has 1 aliphatic heterocycles. The third-order valence-electron chi connectivity index (χ3n) is 2.98. The molecule has 0 saturated carbocycles. The lowest BCUT2D eigenvalue weighted by Crippen LogP contribution is -2.04. The van der Waals surface area contributed by atoms with Crippen molar-refractivity contribution in [3.05, 3.63) is 59.7 Å². The molecule has 1 heterocycles. The van der Waals surface area contributed by atoms with Crippen LogP contribution in [-0.4, -0.2) is 20.4 Å². The third kappa shape index (κ3) is 1.81. The van der Waals surface area contributed by atoms with Crippen LogP contribution in [0.15, 0.2) is 58.3 Å². The Labute approximate surface area is 114 Å². The molecule has 0 saturated heterocycles. The Balaban J connectivity index is 2.16. The summed E-state index contributed by atoms with van der Waals surface area (Å²) >= 11 is 0. The average Bonchev–Trinajstić information content (AvgIpc) is 2.75. The average molecular weight is 288 g/mol. The first kappa shape index (κ1) is 12.6. The van der Waals surface area contributed by atoms with Gasteiger partial charge in [-0.3, -0.25) is 0 Å². The van der Waals surface area contributed by atoms with Crippen LogP contribution in [0, 0.1) is 0 Å². The zero-order chi connectivity index (χ0) is 14.3. The van der Waals surface area contributed by atoms with E-state index in [0.717, 1.165) is 0 Å². The topological polar surface area (TPSA) is 77.5 Å². The molecule has 0 radical (unpaired) electrons. The summed E-state index contributed by atoms with van der Waals surface area (Å²) in [7, 11) is -3.72. The molecule has 0 bridgehead atoms. The number of ether oxygens (including phenoxy) is 1. The van der Waals surface area contributed by atoms with Crippen LogP contribution < -0.4 is 0 Å². The molecule has 20 heavy (non-hydrogen) atoms. The van der Waals surface area contributed by atoms with Crippen molar-refractivity contribution in [1.82, 2.24) is 0 Å². The van der Waals surface area contributed by atoms with Crippen molar-refractivity contribution in [2.24, 2.45) is 0 Å². The van der Waals surface area contributed by atoms with E-state index in [9.17, 15) is 18.0 Å². The SMILES string of the molecule is O=C1OC(=O)c2cc(S(=O)(=O)c3ccccc3)ccc21. The summed E-state index contributed by atoms with van der Waals surface area (Å²) in [5.41, 5.74) is 0.0639. The van der Waals surface area contributed by atoms with Gasteiger partial charge in [-0.25, -0.2) is 18.0 Å². The largest absolute Gasteiger partial charge is 0.386 e. The molecule has 2 aromatic carbocycles. The van der Waals surface area contributed by atoms with E-state index in [2.05, 4.69) is 4.74 Å². The van der Waals surface area contributed by atoms with Crippen molar-refractivity contribution in [2.75, 3.05) is 0 Å². The van der Waals surface area contributed by atoms with E-state index in [4.69, 9.17) is 0 Å². The molecule has 0 spiro atoms. The van der Waals surface area contributed by atoms with Crippen LogP contribution in [0.1, 0.15) is 20.7 Å². The number of cyclic esters (lactones) is 2. The molecule has 2 aromatic rings. The summed E-state index contributed by atoms with van der Waals surface area (Å²) in [6.45, 7) is 0. The number of fused-ring (bicyclic) bond motifs is 1. The number of hydrogen-bond donors (Lipinski definition) is 0. The van der Waals surface area contributed by atoms with E-state index >= 15 is 0 Å². The van der Waals surface area contributed by atoms with Crippen molar-refractivity contribution in [2.45, 2.75) is 9.79 Å². The van der Waals surface area contributed by atoms with Gasteiger partial charge in [-0.15, -0.1) is 0 Å². The van der Waals surface area contributed by atoms with E-state index in [0.29, 0.717) is 0 Å². The van der Waals surface area contributed by atoms with E-state index in [1.165, 1.54) is 30.3 Å². The van der Waals surface area contributed by atoms with Crippen molar-refractivity contribution < 1.29 is 22.7 Å². The quantitative estimate of drug-likeness (QED) is 0.622. The molecule has 3 rings (SSSR count). The Bertz CT molecular complexity index is 822. The predicted octanol–water partition coefficient (Wildman–Crippen LogP) is 1.83. The highest BCUT2D eigenvalue weighted by molar-refractivity contribution is 7.91. The Morgan fingerprint density at radius 1 is 0.750 bits per heavy atom. The first-order valence-electron chi connectivity index (χ1n) is 5.71. The van der Waals surface area contributed by atoms with Crippen molar-refractivity contribution in [1.29, 1.82) is 0 Å². The Morgan fingerprint density at radius 2 is 1.40 bits per heavy atom. The highest BCUT2D eigenvalue weighted by Crippen LogP contribution is 2.26. The minimum absolute atomic E-state index is 0.0213. The number of sulfone groups is 1. The summed E-state index contributed by atoms with van der Waals surface area (Å²) in [5.74, 6) is -1.58. The molecule has 0 atom stereocenters. The van der Waals surface area contributed by atoms with Gasteiger partial charge in [0.2, 0.25) is 9.84 Å². The van der Waals surface area contributed by atoms with E-state index < -0.39 is 21.8 Å². The van der Waals surface area contributed by atoms with Gasteiger partial charge in [0.15, 0.2) is 0 Å². The maximum absolute atomic E-state index is 12.4. The van der Waals surface area contributed by atoms with Gasteiger partial charge in [0.05, 0.1) is 20.9 Å². The minimum Gasteiger partial charge on any atom is -0.386 e. The van der Waals surface area contributed by atoms with E-state index in [1.807, 2.05) is 0 Å². The molecular formula is C14H8O5S. The van der Waals surface area contributed by atoms with Gasteiger partial charge in [0.1, 0.15) is 0 Å². The zero-order valence-electron chi connectivity index (χ0n) is 10.1. The summed E-state index contributed by atoms with van der Waals surface area (Å²) < 4.78 is 29.2. The zero-order valence-corrected chi connectivity index (χ0v) is 10.9. The van der Waals surface area contributed by atoms with Crippen LogP contribution in [0.5, 0.6) is 0 Å². The number of esters is 2. The molecule has 0 aromatic heterocycles. The van der Waals surface area contributed by atoms with Crippen molar-refractivity contribution in [3.63, 3.8) is 0 Å². The predicted molar refractivity (Wildman–Crippen MR) is 68.1 cm³/mol. The van der Waals surface area contributed by atoms with Crippen molar-refractivity contribution >= 4 is 21.8 Å². The first-order chi connectivity index (χ1) is 9.50. The van der Waals surface area contributed by atoms with Crippen LogP contribution in [-0.2, 0) is 14.6 Å². The molecule has 100 valence electrons. The molecule has 0 N–H and O–H groups in total. The molecule has 0 aliphatic carbocycles. The van der Waals surface area contributed by atoms with Gasteiger partial charge in [0, 0.05) is 0 Å². The number of carbonyl (C=O) groups is 2. The second kappa shape index (κ2) is 4.28. The molecular weight excluding hydrogens is 280 g/mol. The second-order valence-electron chi connectivity index (χ2n) is 4.20. The number of rotatable bonds is 2. The Hall–Kier alpha value is -2.47. The maximum Gasteiger partial charge on any atom is 0.346 e. The summed E-state index contributed by atoms with van der Waals surface area (Å²) in [4.78, 5) is 22.8. The second-order valence-corrected chi connectivity index (χ2v) is 6.15.